The van der Waals surface area contributed by atoms with Gasteiger partial charge < -0.3 is 24.8 Å². The average Bonchev–Trinajstić information content (AvgIpc) is 3.14. The van der Waals surface area contributed by atoms with Crippen LogP contribution in [0.1, 0.15) is 48.1 Å². The Balaban J connectivity index is 1.78. The van der Waals surface area contributed by atoms with Crippen LogP contribution in [-0.2, 0) is 4.74 Å². The Hall–Kier alpha value is -3.83. The van der Waals surface area contributed by atoms with Crippen LogP contribution >= 0.6 is 0 Å². The second kappa shape index (κ2) is 10.6. The minimum atomic E-state index is -0.255. The molecule has 0 atom stereocenters. The minimum absolute atomic E-state index is 0.0776. The molecule has 1 aliphatic carbocycles. The number of aromatic nitrogens is 1. The van der Waals surface area contributed by atoms with Crippen molar-refractivity contribution in [2.75, 3.05) is 39.2 Å². The van der Waals surface area contributed by atoms with Crippen molar-refractivity contribution in [2.24, 2.45) is 0 Å². The molecule has 182 valence electrons. The van der Waals surface area contributed by atoms with Crippen LogP contribution in [0.2, 0.25) is 0 Å². The lowest BCUT2D eigenvalue weighted by atomic mass is 9.92. The highest BCUT2D eigenvalue weighted by atomic mass is 16.5. The summed E-state index contributed by atoms with van der Waals surface area (Å²) in [4.78, 5) is 26.5. The molecule has 3 amide bonds. The van der Waals surface area contributed by atoms with Gasteiger partial charge in [-0.25, -0.2) is 4.79 Å². The summed E-state index contributed by atoms with van der Waals surface area (Å²) >= 11 is 0. The van der Waals surface area contributed by atoms with Crippen molar-refractivity contribution in [2.45, 2.75) is 32.2 Å². The third-order valence-corrected chi connectivity index (χ3v) is 6.53. The van der Waals surface area contributed by atoms with Crippen molar-refractivity contribution in [3.05, 3.63) is 53.6 Å². The summed E-state index contributed by atoms with van der Waals surface area (Å²) in [6.45, 7) is 3.38. The number of amides is 3. The van der Waals surface area contributed by atoms with Crippen molar-refractivity contribution in [1.29, 1.82) is 5.26 Å². The molecule has 0 aliphatic heterocycles. The summed E-state index contributed by atoms with van der Waals surface area (Å²) in [5, 5.41) is 16.5. The summed E-state index contributed by atoms with van der Waals surface area (Å²) in [7, 11) is 3.38. The number of ether oxygens (including phenoxy) is 1. The van der Waals surface area contributed by atoms with E-state index in [1.54, 1.807) is 25.1 Å². The number of fused-ring (bicyclic) bond motifs is 1. The number of anilines is 1. The van der Waals surface area contributed by atoms with Crippen LogP contribution in [0.5, 0.6) is 0 Å². The number of hydrogen-bond donors (Lipinski definition) is 2. The minimum Gasteiger partial charge on any atom is -0.383 e. The Labute approximate surface area is 205 Å². The molecule has 0 radical (unpaired) electrons. The molecule has 1 fully saturated rings. The smallest absolute Gasteiger partial charge is 0.319 e. The summed E-state index contributed by atoms with van der Waals surface area (Å²) in [6.07, 6.45) is 3.20. The number of benzene rings is 2. The van der Waals surface area contributed by atoms with E-state index < -0.39 is 0 Å². The molecule has 2 N–H and O–H groups in total. The molecule has 2 aromatic carbocycles. The molecule has 0 saturated heterocycles. The highest BCUT2D eigenvalue weighted by molar-refractivity contribution is 6.01. The maximum absolute atomic E-state index is 13.0. The van der Waals surface area contributed by atoms with Gasteiger partial charge in [-0.1, -0.05) is 18.2 Å². The van der Waals surface area contributed by atoms with E-state index in [-0.39, 0.29) is 18.0 Å². The predicted molar refractivity (Wildman–Crippen MR) is 137 cm³/mol. The van der Waals surface area contributed by atoms with Gasteiger partial charge in [0.25, 0.3) is 5.91 Å². The molecule has 0 unspecified atom stereocenters. The number of likely N-dealkylation sites (N-methyl/N-ethyl adjacent to an activating group) is 1. The fourth-order valence-electron chi connectivity index (χ4n) is 4.46. The van der Waals surface area contributed by atoms with Crippen molar-refractivity contribution >= 4 is 28.5 Å². The Morgan fingerprint density at radius 1 is 1.20 bits per heavy atom. The average molecular weight is 474 g/mol. The number of hydrogen-bond acceptors (Lipinski definition) is 4. The monoisotopic (exact) mass is 473 g/mol. The van der Waals surface area contributed by atoms with E-state index >= 15 is 0 Å². The lowest BCUT2D eigenvalue weighted by molar-refractivity contribution is 0.0744. The van der Waals surface area contributed by atoms with Crippen LogP contribution in [0.25, 0.3) is 22.2 Å². The van der Waals surface area contributed by atoms with Gasteiger partial charge in [0.15, 0.2) is 0 Å². The molecule has 1 aliphatic rings. The van der Waals surface area contributed by atoms with Crippen LogP contribution in [0.15, 0.2) is 42.5 Å². The Kier molecular flexibility index (Phi) is 7.37. The molecule has 3 aromatic rings. The number of carbonyl (C=O) groups excluding carboxylic acids is 2. The Morgan fingerprint density at radius 3 is 2.54 bits per heavy atom. The Morgan fingerprint density at radius 2 is 1.94 bits per heavy atom. The molecule has 0 bridgehead atoms. The zero-order valence-electron chi connectivity index (χ0n) is 20.4. The molecule has 1 saturated carbocycles. The predicted octanol–water partition coefficient (Wildman–Crippen LogP) is 4.76. The second-order valence-corrected chi connectivity index (χ2v) is 8.80. The fourth-order valence-corrected chi connectivity index (χ4v) is 4.46. The van der Waals surface area contributed by atoms with Gasteiger partial charge in [-0.2, -0.15) is 5.26 Å². The molecule has 35 heavy (non-hydrogen) atoms. The van der Waals surface area contributed by atoms with E-state index in [0.29, 0.717) is 36.5 Å². The normalized spacial score (nSPS) is 13.2. The standard InChI is InChI=1S/C27H31N5O3/c1-4-29-27(34)30-20-11-8-18(9-12-20)25-23(17-28)22-13-10-19(26(33)31(2)14-15-35-3)16-24(22)32(25)21-6-5-7-21/h8-13,16,21H,4-7,14-15H2,1-3H3,(H2,29,30,34). The number of urea groups is 1. The van der Waals surface area contributed by atoms with Crippen LogP contribution in [0.4, 0.5) is 10.5 Å². The fraction of sp³-hybridized carbons (Fsp3) is 0.370. The lowest BCUT2D eigenvalue weighted by Crippen LogP contribution is -2.29. The van der Waals surface area contributed by atoms with Gasteiger partial charge in [-0.15, -0.1) is 0 Å². The maximum Gasteiger partial charge on any atom is 0.319 e. The van der Waals surface area contributed by atoms with Crippen LogP contribution in [0.3, 0.4) is 0 Å². The maximum atomic E-state index is 13.0. The zero-order valence-corrected chi connectivity index (χ0v) is 20.4. The van der Waals surface area contributed by atoms with Crippen molar-refractivity contribution in [1.82, 2.24) is 14.8 Å². The van der Waals surface area contributed by atoms with Gasteiger partial charge in [-0.05, 0) is 56.0 Å². The third kappa shape index (κ3) is 4.86. The van der Waals surface area contributed by atoms with Crippen molar-refractivity contribution in [3.8, 4) is 17.3 Å². The second-order valence-electron chi connectivity index (χ2n) is 8.80. The van der Waals surface area contributed by atoms with E-state index in [0.717, 1.165) is 41.4 Å². The highest BCUT2D eigenvalue weighted by Gasteiger charge is 2.28. The molecule has 8 heteroatoms. The van der Waals surface area contributed by atoms with Gasteiger partial charge >= 0.3 is 6.03 Å². The van der Waals surface area contributed by atoms with E-state index in [4.69, 9.17) is 4.74 Å². The van der Waals surface area contributed by atoms with Gasteiger partial charge in [0.2, 0.25) is 0 Å². The molecule has 1 aromatic heterocycles. The summed E-state index contributed by atoms with van der Waals surface area (Å²) in [5.41, 5.74) is 4.52. The number of nitrogens with zero attached hydrogens (tertiary/aromatic N) is 3. The van der Waals surface area contributed by atoms with Gasteiger partial charge in [0, 0.05) is 49.9 Å². The van der Waals surface area contributed by atoms with E-state index in [1.807, 2.05) is 43.3 Å². The first kappa shape index (κ1) is 24.3. The quantitative estimate of drug-likeness (QED) is 0.492. The topological polar surface area (TPSA) is 99.4 Å². The first-order valence-electron chi connectivity index (χ1n) is 12.0. The molecular weight excluding hydrogens is 442 g/mol. The SMILES string of the molecule is CCNC(=O)Nc1ccc(-c2c(C#N)c3ccc(C(=O)N(C)CCOC)cc3n2C2CCC2)cc1. The first-order valence-corrected chi connectivity index (χ1v) is 12.0. The van der Waals surface area contributed by atoms with E-state index in [1.165, 1.54) is 0 Å². The van der Waals surface area contributed by atoms with Crippen molar-refractivity contribution in [3.63, 3.8) is 0 Å². The summed E-state index contributed by atoms with van der Waals surface area (Å²) in [5.74, 6) is -0.0776. The molecule has 8 nitrogen and oxygen atoms in total. The summed E-state index contributed by atoms with van der Waals surface area (Å²) < 4.78 is 7.34. The van der Waals surface area contributed by atoms with Crippen LogP contribution in [-0.4, -0.2) is 55.3 Å². The summed E-state index contributed by atoms with van der Waals surface area (Å²) in [6, 6.07) is 15.6. The molecule has 4 rings (SSSR count). The number of carbonyl (C=O) groups is 2. The Bertz CT molecular complexity index is 1270. The number of methoxy groups -OCH3 is 1. The molecular formula is C27H31N5O3. The van der Waals surface area contributed by atoms with Crippen molar-refractivity contribution < 1.29 is 14.3 Å². The molecule has 0 spiro atoms. The first-order chi connectivity index (χ1) is 17.0. The van der Waals surface area contributed by atoms with Gasteiger partial charge in [0.05, 0.1) is 23.4 Å². The van der Waals surface area contributed by atoms with Crippen LogP contribution in [0, 0.1) is 11.3 Å². The van der Waals surface area contributed by atoms with E-state index in [9.17, 15) is 14.9 Å². The number of nitrogens with one attached hydrogen (secondary N) is 2. The van der Waals surface area contributed by atoms with E-state index in [2.05, 4.69) is 21.3 Å². The highest BCUT2D eigenvalue weighted by Crippen LogP contribution is 2.43. The number of rotatable bonds is 8. The largest absolute Gasteiger partial charge is 0.383 e. The van der Waals surface area contributed by atoms with Crippen LogP contribution < -0.4 is 10.6 Å². The van der Waals surface area contributed by atoms with Gasteiger partial charge in [-0.3, -0.25) is 4.79 Å². The lowest BCUT2D eigenvalue weighted by Gasteiger charge is -2.30. The number of nitriles is 1. The van der Waals surface area contributed by atoms with Gasteiger partial charge in [0.1, 0.15) is 6.07 Å². The zero-order chi connectivity index (χ0) is 24.9. The molecule has 1 heterocycles. The third-order valence-electron chi connectivity index (χ3n) is 6.53.